The highest BCUT2D eigenvalue weighted by atomic mass is 79.9. The molecule has 0 saturated heterocycles. The van der Waals surface area contributed by atoms with Gasteiger partial charge in [0.15, 0.2) is 0 Å². The Balaban J connectivity index is 3.13. The van der Waals surface area contributed by atoms with Crippen molar-refractivity contribution in [1.29, 1.82) is 0 Å². The fourth-order valence-electron chi connectivity index (χ4n) is 1.40. The summed E-state index contributed by atoms with van der Waals surface area (Å²) >= 11 is 3.26. The number of hydrogen-bond acceptors (Lipinski definition) is 5. The van der Waals surface area contributed by atoms with E-state index in [2.05, 4.69) is 27.2 Å². The Morgan fingerprint density at radius 3 is 2.21 bits per heavy atom. The van der Waals surface area contributed by atoms with E-state index < -0.39 is 11.9 Å². The second kappa shape index (κ2) is 6.94. The van der Waals surface area contributed by atoms with E-state index in [1.165, 1.54) is 20.3 Å². The van der Waals surface area contributed by atoms with Crippen LogP contribution in [-0.2, 0) is 9.53 Å². The Labute approximate surface area is 119 Å². The molecule has 1 rings (SSSR count). The predicted octanol–water partition coefficient (Wildman–Crippen LogP) is 2.73. The highest BCUT2D eigenvalue weighted by Crippen LogP contribution is 2.33. The molecule has 0 aromatic heterocycles. The number of ether oxygens (including phenoxy) is 3. The summed E-state index contributed by atoms with van der Waals surface area (Å²) < 4.78 is 15.5. The summed E-state index contributed by atoms with van der Waals surface area (Å²) in [6.07, 6.45) is 1.30. The van der Waals surface area contributed by atoms with Gasteiger partial charge in [0.2, 0.25) is 0 Å². The van der Waals surface area contributed by atoms with Crippen LogP contribution in [0.1, 0.15) is 16.8 Å². The van der Waals surface area contributed by atoms with E-state index in [0.29, 0.717) is 4.47 Å². The predicted molar refractivity (Wildman–Crippen MR) is 72.5 cm³/mol. The Kier molecular flexibility index (Phi) is 5.57. The Morgan fingerprint density at radius 2 is 1.79 bits per heavy atom. The molecule has 0 amide bonds. The lowest BCUT2D eigenvalue weighted by Gasteiger charge is -2.12. The van der Waals surface area contributed by atoms with E-state index in [9.17, 15) is 9.59 Å². The molecular formula is C13H13BrO5. The lowest BCUT2D eigenvalue weighted by Crippen LogP contribution is -2.14. The Hall–Kier alpha value is -1.82. The van der Waals surface area contributed by atoms with Crippen LogP contribution in [0.3, 0.4) is 0 Å². The summed E-state index contributed by atoms with van der Waals surface area (Å²) in [4.78, 5) is 23.2. The quantitative estimate of drug-likeness (QED) is 0.472. The summed E-state index contributed by atoms with van der Waals surface area (Å²) in [5, 5.41) is 0. The van der Waals surface area contributed by atoms with Gasteiger partial charge in [0.05, 0.1) is 20.6 Å². The first-order valence-corrected chi connectivity index (χ1v) is 6.10. The number of esters is 2. The van der Waals surface area contributed by atoms with Gasteiger partial charge >= 0.3 is 11.9 Å². The van der Waals surface area contributed by atoms with E-state index in [-0.39, 0.29) is 23.5 Å². The number of rotatable bonds is 5. The van der Waals surface area contributed by atoms with E-state index in [1.807, 2.05) is 0 Å². The normalized spacial score (nSPS) is 9.63. The highest BCUT2D eigenvalue weighted by molar-refractivity contribution is 9.10. The van der Waals surface area contributed by atoms with Crippen LogP contribution < -0.4 is 9.47 Å². The molecule has 0 saturated carbocycles. The zero-order chi connectivity index (χ0) is 14.4. The number of halogens is 1. The topological polar surface area (TPSA) is 61.8 Å². The maximum absolute atomic E-state index is 11.9. The summed E-state index contributed by atoms with van der Waals surface area (Å²) in [5.74, 6) is -1.01. The van der Waals surface area contributed by atoms with Crippen LogP contribution in [0.15, 0.2) is 29.3 Å². The van der Waals surface area contributed by atoms with Crippen LogP contribution >= 0.6 is 15.9 Å². The van der Waals surface area contributed by atoms with Crippen molar-refractivity contribution in [1.82, 2.24) is 0 Å². The van der Waals surface area contributed by atoms with Crippen molar-refractivity contribution in [2.45, 2.75) is 6.42 Å². The van der Waals surface area contributed by atoms with Crippen molar-refractivity contribution in [2.24, 2.45) is 0 Å². The summed E-state index contributed by atoms with van der Waals surface area (Å²) in [5.41, 5.74) is 0.0608. The zero-order valence-electron chi connectivity index (χ0n) is 10.6. The average Bonchev–Trinajstić information content (AvgIpc) is 2.37. The molecule has 19 heavy (non-hydrogen) atoms. The molecule has 0 fully saturated rings. The third kappa shape index (κ3) is 3.82. The molecular weight excluding hydrogens is 316 g/mol. The number of hydrogen-bond donors (Lipinski definition) is 0. The standard InChI is InChI=1S/C13H13BrO5/c1-4-5-11(15)19-13(16)12-9(17-2)6-8(14)7-10(12)18-3/h4,6-7H,1,5H2,2-3H3. The fourth-order valence-corrected chi connectivity index (χ4v) is 1.81. The molecule has 0 radical (unpaired) electrons. The summed E-state index contributed by atoms with van der Waals surface area (Å²) in [6, 6.07) is 3.16. The van der Waals surface area contributed by atoms with Gasteiger partial charge in [-0.05, 0) is 12.1 Å². The number of methoxy groups -OCH3 is 2. The molecule has 0 bridgehead atoms. The van der Waals surface area contributed by atoms with Gasteiger partial charge in [0.25, 0.3) is 0 Å². The SMILES string of the molecule is C=CCC(=O)OC(=O)c1c(OC)cc(Br)cc1OC. The minimum Gasteiger partial charge on any atom is -0.496 e. The second-order valence-electron chi connectivity index (χ2n) is 3.44. The van der Waals surface area contributed by atoms with Gasteiger partial charge < -0.3 is 14.2 Å². The van der Waals surface area contributed by atoms with Crippen molar-refractivity contribution in [3.8, 4) is 11.5 Å². The third-order valence-electron chi connectivity index (χ3n) is 2.19. The van der Waals surface area contributed by atoms with Gasteiger partial charge in [-0.15, -0.1) is 6.58 Å². The monoisotopic (exact) mass is 328 g/mol. The third-order valence-corrected chi connectivity index (χ3v) is 2.65. The molecule has 0 aliphatic rings. The van der Waals surface area contributed by atoms with Crippen molar-refractivity contribution in [2.75, 3.05) is 14.2 Å². The molecule has 1 aromatic carbocycles. The molecule has 0 N–H and O–H groups in total. The molecule has 0 spiro atoms. The smallest absolute Gasteiger partial charge is 0.353 e. The van der Waals surface area contributed by atoms with Crippen LogP contribution in [-0.4, -0.2) is 26.2 Å². The van der Waals surface area contributed by atoms with Crippen LogP contribution in [0.4, 0.5) is 0 Å². The van der Waals surface area contributed by atoms with Crippen molar-refractivity contribution in [3.05, 3.63) is 34.8 Å². The lowest BCUT2D eigenvalue weighted by atomic mass is 10.2. The Morgan fingerprint density at radius 1 is 1.26 bits per heavy atom. The molecule has 0 unspecified atom stereocenters. The molecule has 1 aromatic rings. The fraction of sp³-hybridized carbons (Fsp3) is 0.231. The van der Waals surface area contributed by atoms with Crippen molar-refractivity contribution >= 4 is 27.9 Å². The minimum absolute atomic E-state index is 0.0487. The van der Waals surface area contributed by atoms with Gasteiger partial charge in [-0.1, -0.05) is 22.0 Å². The van der Waals surface area contributed by atoms with Crippen LogP contribution in [0, 0.1) is 0 Å². The molecule has 0 heterocycles. The second-order valence-corrected chi connectivity index (χ2v) is 4.36. The minimum atomic E-state index is -0.826. The van der Waals surface area contributed by atoms with E-state index in [0.717, 1.165) is 0 Å². The molecule has 102 valence electrons. The molecule has 0 atom stereocenters. The van der Waals surface area contributed by atoms with E-state index in [1.54, 1.807) is 12.1 Å². The first kappa shape index (κ1) is 15.2. The maximum Gasteiger partial charge on any atom is 0.353 e. The van der Waals surface area contributed by atoms with Crippen LogP contribution in [0.5, 0.6) is 11.5 Å². The van der Waals surface area contributed by atoms with Gasteiger partial charge in [0.1, 0.15) is 17.1 Å². The maximum atomic E-state index is 11.9. The number of benzene rings is 1. The molecule has 0 aliphatic carbocycles. The van der Waals surface area contributed by atoms with E-state index in [4.69, 9.17) is 9.47 Å². The zero-order valence-corrected chi connectivity index (χ0v) is 12.2. The van der Waals surface area contributed by atoms with Crippen molar-refractivity contribution in [3.63, 3.8) is 0 Å². The average molecular weight is 329 g/mol. The first-order chi connectivity index (χ1) is 9.03. The van der Waals surface area contributed by atoms with Gasteiger partial charge in [-0.3, -0.25) is 4.79 Å². The lowest BCUT2D eigenvalue weighted by molar-refractivity contribution is -0.136. The van der Waals surface area contributed by atoms with Gasteiger partial charge in [-0.2, -0.15) is 0 Å². The highest BCUT2D eigenvalue weighted by Gasteiger charge is 2.23. The Bertz CT molecular complexity index is 485. The molecule has 5 nitrogen and oxygen atoms in total. The molecule has 0 aliphatic heterocycles. The van der Waals surface area contributed by atoms with Crippen LogP contribution in [0.25, 0.3) is 0 Å². The van der Waals surface area contributed by atoms with Gasteiger partial charge in [0, 0.05) is 4.47 Å². The summed E-state index contributed by atoms with van der Waals surface area (Å²) in [7, 11) is 2.81. The van der Waals surface area contributed by atoms with E-state index >= 15 is 0 Å². The van der Waals surface area contributed by atoms with Crippen molar-refractivity contribution < 1.29 is 23.8 Å². The van der Waals surface area contributed by atoms with Gasteiger partial charge in [-0.25, -0.2) is 4.79 Å². The first-order valence-electron chi connectivity index (χ1n) is 5.30. The van der Waals surface area contributed by atoms with Crippen LogP contribution in [0.2, 0.25) is 0 Å². The molecule has 6 heteroatoms. The number of carbonyl (C=O) groups excluding carboxylic acids is 2. The number of carbonyl (C=O) groups is 2. The summed E-state index contributed by atoms with van der Waals surface area (Å²) in [6.45, 7) is 3.39. The largest absolute Gasteiger partial charge is 0.496 e.